The van der Waals surface area contributed by atoms with Gasteiger partial charge in [-0.2, -0.15) is 0 Å². The van der Waals surface area contributed by atoms with Gasteiger partial charge in [0, 0.05) is 0 Å². The largest absolute Gasteiger partial charge is 0.103 e. The summed E-state index contributed by atoms with van der Waals surface area (Å²) in [5.74, 6) is 0.913. The van der Waals surface area contributed by atoms with E-state index < -0.39 is 0 Å². The zero-order valence-corrected chi connectivity index (χ0v) is 14.0. The van der Waals surface area contributed by atoms with Crippen LogP contribution in [-0.2, 0) is 0 Å². The van der Waals surface area contributed by atoms with Crippen LogP contribution >= 0.6 is 0 Å². The molecule has 3 atom stereocenters. The Morgan fingerprint density at radius 1 is 1.05 bits per heavy atom. The monoisotopic (exact) mass is 272 g/mol. The van der Waals surface area contributed by atoms with E-state index in [0.717, 1.165) is 5.92 Å². The van der Waals surface area contributed by atoms with Crippen LogP contribution in [0, 0.1) is 22.2 Å². The van der Waals surface area contributed by atoms with Gasteiger partial charge in [-0.05, 0) is 67.1 Å². The van der Waals surface area contributed by atoms with Crippen LogP contribution in [0.1, 0.15) is 79.1 Å². The molecule has 3 aliphatic rings. The van der Waals surface area contributed by atoms with E-state index in [2.05, 4.69) is 40.3 Å². The fourth-order valence-corrected chi connectivity index (χ4v) is 5.88. The van der Waals surface area contributed by atoms with Gasteiger partial charge < -0.3 is 0 Å². The first kappa shape index (κ1) is 14.4. The molecule has 1 saturated carbocycles. The van der Waals surface area contributed by atoms with Crippen molar-refractivity contribution in [1.82, 2.24) is 0 Å². The standard InChI is InChI=1S/C20H32/c1-6-19(4)13-10-16-15(14-19)8-9-17-18(2,3)11-7-12-20(16,17)5/h6,17H,1,7-14H2,2-5H3/t17-,19-,20+/m0/s1. The highest BCUT2D eigenvalue weighted by molar-refractivity contribution is 5.32. The molecule has 0 amide bonds. The van der Waals surface area contributed by atoms with Crippen LogP contribution in [0.3, 0.4) is 0 Å². The Morgan fingerprint density at radius 2 is 1.80 bits per heavy atom. The first-order valence-electron chi connectivity index (χ1n) is 8.66. The highest BCUT2D eigenvalue weighted by atomic mass is 14.6. The van der Waals surface area contributed by atoms with Crippen LogP contribution in [0.2, 0.25) is 0 Å². The summed E-state index contributed by atoms with van der Waals surface area (Å²) in [5.41, 5.74) is 5.12. The molecule has 20 heavy (non-hydrogen) atoms. The molecule has 0 N–H and O–H groups in total. The minimum atomic E-state index is 0.367. The Bertz CT molecular complexity index is 453. The van der Waals surface area contributed by atoms with E-state index in [9.17, 15) is 0 Å². The van der Waals surface area contributed by atoms with Gasteiger partial charge in [-0.25, -0.2) is 0 Å². The maximum Gasteiger partial charge on any atom is -0.00803 e. The van der Waals surface area contributed by atoms with Gasteiger partial charge >= 0.3 is 0 Å². The van der Waals surface area contributed by atoms with Crippen molar-refractivity contribution in [2.24, 2.45) is 22.2 Å². The normalized spacial score (nSPS) is 43.7. The van der Waals surface area contributed by atoms with Crippen LogP contribution in [0.4, 0.5) is 0 Å². The Morgan fingerprint density at radius 3 is 2.50 bits per heavy atom. The first-order chi connectivity index (χ1) is 9.31. The Hall–Kier alpha value is -0.520. The molecule has 0 radical (unpaired) electrons. The zero-order valence-electron chi connectivity index (χ0n) is 14.0. The van der Waals surface area contributed by atoms with E-state index in [1.807, 2.05) is 11.1 Å². The number of rotatable bonds is 1. The smallest absolute Gasteiger partial charge is 0.00803 e. The van der Waals surface area contributed by atoms with Gasteiger partial charge in [0.2, 0.25) is 0 Å². The summed E-state index contributed by atoms with van der Waals surface area (Å²) in [6.45, 7) is 14.1. The summed E-state index contributed by atoms with van der Waals surface area (Å²) in [5, 5.41) is 0. The summed E-state index contributed by atoms with van der Waals surface area (Å²) in [4.78, 5) is 0. The molecule has 0 heterocycles. The lowest BCUT2D eigenvalue weighted by Gasteiger charge is -2.57. The minimum absolute atomic E-state index is 0.367. The average molecular weight is 272 g/mol. The van der Waals surface area contributed by atoms with E-state index in [4.69, 9.17) is 0 Å². The van der Waals surface area contributed by atoms with Crippen LogP contribution in [0.15, 0.2) is 23.8 Å². The second-order valence-corrected chi connectivity index (χ2v) is 8.97. The fraction of sp³-hybridized carbons (Fsp3) is 0.800. The number of allylic oxidation sites excluding steroid dienone is 3. The maximum absolute atomic E-state index is 4.09. The highest BCUT2D eigenvalue weighted by Gasteiger charge is 2.51. The summed E-state index contributed by atoms with van der Waals surface area (Å²) >= 11 is 0. The third-order valence-electron chi connectivity index (χ3n) is 7.14. The van der Waals surface area contributed by atoms with Gasteiger partial charge in [0.05, 0.1) is 0 Å². The minimum Gasteiger partial charge on any atom is -0.103 e. The second-order valence-electron chi connectivity index (χ2n) is 8.97. The molecule has 1 fully saturated rings. The van der Waals surface area contributed by atoms with Crippen molar-refractivity contribution in [2.75, 3.05) is 0 Å². The lowest BCUT2D eigenvalue weighted by Crippen LogP contribution is -2.46. The third kappa shape index (κ3) is 2.02. The zero-order chi connectivity index (χ0) is 14.6. The van der Waals surface area contributed by atoms with Crippen molar-refractivity contribution in [3.63, 3.8) is 0 Å². The predicted octanol–water partition coefficient (Wildman–Crippen LogP) is 6.29. The molecular formula is C20H32. The van der Waals surface area contributed by atoms with E-state index in [1.54, 1.807) is 0 Å². The second kappa shape index (κ2) is 4.49. The molecule has 0 aromatic rings. The van der Waals surface area contributed by atoms with E-state index >= 15 is 0 Å². The van der Waals surface area contributed by atoms with Gasteiger partial charge in [-0.1, -0.05) is 51.3 Å². The highest BCUT2D eigenvalue weighted by Crippen LogP contribution is 2.62. The average Bonchev–Trinajstić information content (AvgIpc) is 2.37. The fourth-order valence-electron chi connectivity index (χ4n) is 5.88. The number of fused-ring (bicyclic) bond motifs is 2. The summed E-state index contributed by atoms with van der Waals surface area (Å²) in [6, 6.07) is 0. The van der Waals surface area contributed by atoms with Crippen LogP contribution in [0.25, 0.3) is 0 Å². The lowest BCUT2D eigenvalue weighted by molar-refractivity contribution is 0.00583. The van der Waals surface area contributed by atoms with E-state index in [-0.39, 0.29) is 0 Å². The van der Waals surface area contributed by atoms with Crippen LogP contribution in [-0.4, -0.2) is 0 Å². The molecule has 0 bridgehead atoms. The molecule has 0 spiro atoms. The van der Waals surface area contributed by atoms with E-state index in [1.165, 1.54) is 51.4 Å². The van der Waals surface area contributed by atoms with Crippen molar-refractivity contribution in [1.29, 1.82) is 0 Å². The maximum atomic E-state index is 4.09. The van der Waals surface area contributed by atoms with Crippen LogP contribution < -0.4 is 0 Å². The molecule has 0 saturated heterocycles. The Balaban J connectivity index is 1.98. The van der Waals surface area contributed by atoms with Crippen LogP contribution in [0.5, 0.6) is 0 Å². The SMILES string of the molecule is C=C[C@@]1(C)CCC2=C(CC[C@H]3C(C)(C)CCC[C@]23C)C1. The summed E-state index contributed by atoms with van der Waals surface area (Å²) in [7, 11) is 0. The first-order valence-corrected chi connectivity index (χ1v) is 8.66. The Labute approximate surface area is 125 Å². The van der Waals surface area contributed by atoms with Gasteiger partial charge in [0.25, 0.3) is 0 Å². The summed E-state index contributed by atoms with van der Waals surface area (Å²) in [6.07, 6.45) is 13.2. The number of hydrogen-bond donors (Lipinski definition) is 0. The molecule has 0 nitrogen and oxygen atoms in total. The summed E-state index contributed by atoms with van der Waals surface area (Å²) < 4.78 is 0. The third-order valence-corrected chi connectivity index (χ3v) is 7.14. The molecule has 3 rings (SSSR count). The quantitative estimate of drug-likeness (QED) is 0.492. The van der Waals surface area contributed by atoms with Crippen molar-refractivity contribution in [2.45, 2.75) is 79.1 Å². The van der Waals surface area contributed by atoms with Crippen molar-refractivity contribution >= 4 is 0 Å². The van der Waals surface area contributed by atoms with Gasteiger partial charge in [0.15, 0.2) is 0 Å². The van der Waals surface area contributed by atoms with Gasteiger partial charge in [0.1, 0.15) is 0 Å². The molecule has 0 unspecified atom stereocenters. The van der Waals surface area contributed by atoms with Crippen molar-refractivity contribution in [3.05, 3.63) is 23.8 Å². The van der Waals surface area contributed by atoms with Crippen molar-refractivity contribution < 1.29 is 0 Å². The van der Waals surface area contributed by atoms with Gasteiger partial charge in [-0.3, -0.25) is 0 Å². The molecule has 3 aliphatic carbocycles. The lowest BCUT2D eigenvalue weighted by atomic mass is 9.48. The van der Waals surface area contributed by atoms with E-state index in [0.29, 0.717) is 16.2 Å². The van der Waals surface area contributed by atoms with Crippen molar-refractivity contribution in [3.8, 4) is 0 Å². The molecule has 0 aromatic carbocycles. The predicted molar refractivity (Wildman–Crippen MR) is 87.6 cm³/mol. The molecule has 0 aromatic heterocycles. The number of hydrogen-bond acceptors (Lipinski definition) is 0. The molecule has 0 heteroatoms. The molecule has 112 valence electrons. The van der Waals surface area contributed by atoms with Gasteiger partial charge in [-0.15, -0.1) is 6.58 Å². The molecular weight excluding hydrogens is 240 g/mol. The Kier molecular flexibility index (Phi) is 3.23. The topological polar surface area (TPSA) is 0 Å². The molecule has 0 aliphatic heterocycles.